The number of carbonyl (C=O) groups excluding carboxylic acids is 1. The topological polar surface area (TPSA) is 77.4 Å². The second-order valence-electron chi connectivity index (χ2n) is 6.44. The number of thioether (sulfide) groups is 1. The minimum absolute atomic E-state index is 0.125. The molecule has 2 heterocycles. The summed E-state index contributed by atoms with van der Waals surface area (Å²) >= 11 is 7.63. The van der Waals surface area contributed by atoms with Crippen molar-refractivity contribution in [2.24, 2.45) is 0 Å². The highest BCUT2D eigenvalue weighted by atomic mass is 35.5. The summed E-state index contributed by atoms with van der Waals surface area (Å²) in [6.45, 7) is 1.80. The summed E-state index contributed by atoms with van der Waals surface area (Å²) in [6, 6.07) is 12.7. The third kappa shape index (κ3) is 3.57. The number of para-hydroxylation sites is 1. The molecule has 3 aromatic rings. The number of anilines is 1. The monoisotopic (exact) mass is 442 g/mol. The number of fused-ring (bicyclic) bond motifs is 3. The summed E-state index contributed by atoms with van der Waals surface area (Å²) in [5.41, 5.74) is 2.37. The zero-order valence-electron chi connectivity index (χ0n) is 16.6. The Morgan fingerprint density at radius 1 is 1.27 bits per heavy atom. The zero-order chi connectivity index (χ0) is 21.3. The minimum Gasteiger partial charge on any atom is -0.496 e. The first-order valence-electron chi connectivity index (χ1n) is 9.27. The van der Waals surface area contributed by atoms with Crippen molar-refractivity contribution in [2.45, 2.75) is 24.7 Å². The molecule has 7 nitrogen and oxygen atoms in total. The molecule has 2 aromatic carbocycles. The number of methoxy groups -OCH3 is 1. The van der Waals surface area contributed by atoms with Crippen LogP contribution < -0.4 is 14.4 Å². The third-order valence-corrected chi connectivity index (χ3v) is 5.50. The summed E-state index contributed by atoms with van der Waals surface area (Å²) in [5.74, 6) is 0.753. The van der Waals surface area contributed by atoms with Gasteiger partial charge in [-0.25, -0.2) is 0 Å². The smallest absolute Gasteiger partial charge is 0.247 e. The van der Waals surface area contributed by atoms with Crippen molar-refractivity contribution in [1.82, 2.24) is 15.2 Å². The van der Waals surface area contributed by atoms with E-state index >= 15 is 0 Å². The van der Waals surface area contributed by atoms with Crippen LogP contribution in [0, 0.1) is 0 Å². The number of hydrogen-bond acceptors (Lipinski definition) is 7. The van der Waals surface area contributed by atoms with Crippen LogP contribution in [0.4, 0.5) is 5.69 Å². The highest BCUT2D eigenvalue weighted by molar-refractivity contribution is 7.98. The summed E-state index contributed by atoms with van der Waals surface area (Å²) in [6.07, 6.45) is 1.33. The van der Waals surface area contributed by atoms with E-state index in [1.54, 1.807) is 37.1 Å². The van der Waals surface area contributed by atoms with Gasteiger partial charge in [-0.15, -0.1) is 10.2 Å². The van der Waals surface area contributed by atoms with Gasteiger partial charge >= 0.3 is 0 Å². The van der Waals surface area contributed by atoms with Crippen molar-refractivity contribution in [3.63, 3.8) is 0 Å². The molecule has 0 saturated heterocycles. The average molecular weight is 443 g/mol. The van der Waals surface area contributed by atoms with E-state index in [4.69, 9.17) is 21.1 Å². The molecule has 154 valence electrons. The lowest BCUT2D eigenvalue weighted by molar-refractivity contribution is -0.120. The Bertz CT molecular complexity index is 1110. The van der Waals surface area contributed by atoms with E-state index in [1.165, 1.54) is 11.8 Å². The van der Waals surface area contributed by atoms with Crippen molar-refractivity contribution >= 4 is 35.0 Å². The number of halogens is 1. The molecule has 1 atom stereocenters. The van der Waals surface area contributed by atoms with Gasteiger partial charge in [-0.2, -0.15) is 4.98 Å². The van der Waals surface area contributed by atoms with E-state index in [2.05, 4.69) is 15.2 Å². The lowest BCUT2D eigenvalue weighted by atomic mass is 10.1. The van der Waals surface area contributed by atoms with Crippen LogP contribution in [0.3, 0.4) is 0 Å². The highest BCUT2D eigenvalue weighted by Crippen LogP contribution is 2.45. The molecule has 1 amide bonds. The molecule has 1 aromatic heterocycles. The van der Waals surface area contributed by atoms with E-state index in [0.717, 1.165) is 0 Å². The number of rotatable bonds is 4. The largest absolute Gasteiger partial charge is 0.496 e. The van der Waals surface area contributed by atoms with Crippen LogP contribution in [0.15, 0.2) is 47.6 Å². The third-order valence-electron chi connectivity index (χ3n) is 4.73. The van der Waals surface area contributed by atoms with Gasteiger partial charge in [0, 0.05) is 17.0 Å². The first kappa shape index (κ1) is 20.4. The van der Waals surface area contributed by atoms with E-state index in [1.807, 2.05) is 30.5 Å². The fourth-order valence-electron chi connectivity index (χ4n) is 3.34. The SMILES string of the molecule is CCC(=O)N1c2ccc(Cl)cc2-c2nnc(SC)nc2O[C@@H]1c1ccccc1OC. The van der Waals surface area contributed by atoms with Gasteiger partial charge in [0.15, 0.2) is 5.69 Å². The van der Waals surface area contributed by atoms with Crippen molar-refractivity contribution in [3.8, 4) is 22.9 Å². The van der Waals surface area contributed by atoms with Crippen LogP contribution in [0.2, 0.25) is 5.02 Å². The molecule has 0 spiro atoms. The normalized spacial score (nSPS) is 14.9. The van der Waals surface area contributed by atoms with Gasteiger partial charge in [0.05, 0.1) is 18.4 Å². The Morgan fingerprint density at radius 3 is 2.80 bits per heavy atom. The molecular formula is C21H19ClN4O3S. The number of ether oxygens (including phenoxy) is 2. The van der Waals surface area contributed by atoms with Gasteiger partial charge in [0.25, 0.3) is 0 Å². The maximum Gasteiger partial charge on any atom is 0.247 e. The Hall–Kier alpha value is -2.84. The number of aromatic nitrogens is 3. The fraction of sp³-hybridized carbons (Fsp3) is 0.238. The molecule has 0 bridgehead atoms. The second-order valence-corrected chi connectivity index (χ2v) is 7.65. The summed E-state index contributed by atoms with van der Waals surface area (Å²) in [5, 5.41) is 9.46. The number of nitrogens with zero attached hydrogens (tertiary/aromatic N) is 4. The van der Waals surface area contributed by atoms with Gasteiger partial charge in [0.2, 0.25) is 23.2 Å². The molecule has 0 unspecified atom stereocenters. The molecule has 4 rings (SSSR count). The first-order valence-corrected chi connectivity index (χ1v) is 10.9. The Morgan fingerprint density at radius 2 is 2.07 bits per heavy atom. The molecule has 30 heavy (non-hydrogen) atoms. The van der Waals surface area contributed by atoms with E-state index < -0.39 is 6.23 Å². The molecule has 1 aliphatic heterocycles. The zero-order valence-corrected chi connectivity index (χ0v) is 18.2. The summed E-state index contributed by atoms with van der Waals surface area (Å²) < 4.78 is 11.9. The van der Waals surface area contributed by atoms with E-state index in [-0.39, 0.29) is 18.2 Å². The predicted molar refractivity (Wildman–Crippen MR) is 116 cm³/mol. The van der Waals surface area contributed by atoms with Gasteiger partial charge in [0.1, 0.15) is 5.75 Å². The van der Waals surface area contributed by atoms with Crippen LogP contribution in [0.25, 0.3) is 11.3 Å². The minimum atomic E-state index is -0.804. The van der Waals surface area contributed by atoms with Crippen molar-refractivity contribution in [2.75, 3.05) is 18.3 Å². The van der Waals surface area contributed by atoms with Gasteiger partial charge in [-0.1, -0.05) is 42.4 Å². The van der Waals surface area contributed by atoms with Crippen molar-refractivity contribution in [3.05, 3.63) is 53.1 Å². The number of amides is 1. The van der Waals surface area contributed by atoms with Crippen LogP contribution in [-0.2, 0) is 4.79 Å². The standard InChI is InChI=1S/C21H19ClN4O3S/c1-4-17(27)26-15-10-9-12(22)11-14(15)18-19(23-21(30-3)25-24-18)29-20(26)13-7-5-6-8-16(13)28-2/h5-11,20H,4H2,1-3H3/t20-/m1/s1. The molecular weight excluding hydrogens is 424 g/mol. The maximum atomic E-state index is 13.1. The molecule has 0 radical (unpaired) electrons. The van der Waals surface area contributed by atoms with Gasteiger partial charge < -0.3 is 9.47 Å². The number of hydrogen-bond donors (Lipinski definition) is 0. The number of benzene rings is 2. The molecule has 9 heteroatoms. The molecule has 0 N–H and O–H groups in total. The lowest BCUT2D eigenvalue weighted by Crippen LogP contribution is -2.37. The van der Waals surface area contributed by atoms with Crippen LogP contribution >= 0.6 is 23.4 Å². The van der Waals surface area contributed by atoms with Crippen LogP contribution in [0.5, 0.6) is 11.6 Å². The van der Waals surface area contributed by atoms with Crippen molar-refractivity contribution < 1.29 is 14.3 Å². The van der Waals surface area contributed by atoms with Gasteiger partial charge in [-0.05, 0) is 36.6 Å². The van der Waals surface area contributed by atoms with E-state index in [0.29, 0.717) is 38.4 Å². The molecule has 0 fully saturated rings. The Balaban J connectivity index is 2.02. The average Bonchev–Trinajstić information content (AvgIpc) is 2.92. The lowest BCUT2D eigenvalue weighted by Gasteiger charge is -2.31. The Labute approximate surface area is 183 Å². The molecule has 1 aliphatic rings. The molecule has 0 saturated carbocycles. The second kappa shape index (κ2) is 8.49. The highest BCUT2D eigenvalue weighted by Gasteiger charge is 2.36. The molecule has 0 aliphatic carbocycles. The quantitative estimate of drug-likeness (QED) is 0.539. The maximum absolute atomic E-state index is 13.1. The fourth-order valence-corrected chi connectivity index (χ4v) is 3.81. The van der Waals surface area contributed by atoms with Crippen LogP contribution in [-0.4, -0.2) is 34.5 Å². The Kier molecular flexibility index (Phi) is 5.78. The van der Waals surface area contributed by atoms with Crippen LogP contribution in [0.1, 0.15) is 25.1 Å². The van der Waals surface area contributed by atoms with Gasteiger partial charge in [-0.3, -0.25) is 9.69 Å². The summed E-state index contributed by atoms with van der Waals surface area (Å²) in [7, 11) is 1.58. The number of carbonyl (C=O) groups is 1. The first-order chi connectivity index (χ1) is 14.6. The summed E-state index contributed by atoms with van der Waals surface area (Å²) in [4.78, 5) is 19.3. The van der Waals surface area contributed by atoms with Crippen molar-refractivity contribution in [1.29, 1.82) is 0 Å². The predicted octanol–water partition coefficient (Wildman–Crippen LogP) is 4.76. The van der Waals surface area contributed by atoms with E-state index in [9.17, 15) is 4.79 Å².